The van der Waals surface area contributed by atoms with Gasteiger partial charge in [-0.15, -0.1) is 11.3 Å². The highest BCUT2D eigenvalue weighted by Gasteiger charge is 2.02. The van der Waals surface area contributed by atoms with Gasteiger partial charge in [-0.05, 0) is 6.07 Å². The number of halogens is 2. The van der Waals surface area contributed by atoms with Crippen molar-refractivity contribution in [2.24, 2.45) is 0 Å². The van der Waals surface area contributed by atoms with Crippen molar-refractivity contribution in [2.45, 2.75) is 5.33 Å². The minimum atomic E-state index is 0.568. The van der Waals surface area contributed by atoms with Crippen LogP contribution in [0.15, 0.2) is 12.3 Å². The third-order valence-electron chi connectivity index (χ3n) is 1.44. The van der Waals surface area contributed by atoms with E-state index in [0.717, 1.165) is 21.2 Å². The minimum absolute atomic E-state index is 0.568. The Hall–Kier alpha value is -0.190. The van der Waals surface area contributed by atoms with Crippen molar-refractivity contribution < 1.29 is 0 Å². The predicted molar refractivity (Wildman–Crippen MR) is 55.1 cm³/mol. The van der Waals surface area contributed by atoms with Gasteiger partial charge in [-0.3, -0.25) is 4.98 Å². The van der Waals surface area contributed by atoms with Gasteiger partial charge in [0.2, 0.25) is 0 Å². The molecular formula is C7H4BrClN2S. The molecule has 0 saturated heterocycles. The molecule has 2 aromatic rings. The first-order valence-corrected chi connectivity index (χ1v) is 5.58. The van der Waals surface area contributed by atoms with Gasteiger partial charge in [0, 0.05) is 11.5 Å². The Morgan fingerprint density at radius 2 is 2.42 bits per heavy atom. The second-order valence-electron chi connectivity index (χ2n) is 2.24. The molecule has 0 aliphatic rings. The molecule has 0 aliphatic heterocycles. The zero-order valence-corrected chi connectivity index (χ0v) is 9.08. The summed E-state index contributed by atoms with van der Waals surface area (Å²) in [5.74, 6) is 0. The fraction of sp³-hybridized carbons (Fsp3) is 0.143. The maximum atomic E-state index is 5.75. The maximum Gasteiger partial charge on any atom is 0.184 e. The Bertz CT molecular complexity index is 415. The van der Waals surface area contributed by atoms with Crippen LogP contribution in [0.25, 0.3) is 10.2 Å². The van der Waals surface area contributed by atoms with Crippen LogP contribution in [0.3, 0.4) is 0 Å². The number of pyridine rings is 1. The second-order valence-corrected chi connectivity index (χ2v) is 4.42. The zero-order chi connectivity index (χ0) is 8.55. The molecule has 0 N–H and O–H groups in total. The normalized spacial score (nSPS) is 10.8. The number of nitrogens with zero attached hydrogens (tertiary/aromatic N) is 2. The van der Waals surface area contributed by atoms with Crippen LogP contribution in [-0.2, 0) is 5.33 Å². The second kappa shape index (κ2) is 3.28. The summed E-state index contributed by atoms with van der Waals surface area (Å²) in [4.78, 5) is 8.35. The van der Waals surface area contributed by atoms with Crippen molar-refractivity contribution in [3.05, 3.63) is 22.4 Å². The molecule has 0 bridgehead atoms. The molecule has 2 heterocycles. The number of hydrogen-bond acceptors (Lipinski definition) is 3. The van der Waals surface area contributed by atoms with E-state index in [1.54, 1.807) is 6.20 Å². The first-order chi connectivity index (χ1) is 5.79. The molecule has 0 radical (unpaired) electrons. The third kappa shape index (κ3) is 1.46. The topological polar surface area (TPSA) is 25.8 Å². The van der Waals surface area contributed by atoms with E-state index in [2.05, 4.69) is 25.9 Å². The minimum Gasteiger partial charge on any atom is -0.259 e. The van der Waals surface area contributed by atoms with Crippen LogP contribution in [0.2, 0.25) is 4.47 Å². The highest BCUT2D eigenvalue weighted by atomic mass is 79.9. The summed E-state index contributed by atoms with van der Waals surface area (Å²) in [7, 11) is 0. The van der Waals surface area contributed by atoms with Crippen molar-refractivity contribution in [3.8, 4) is 0 Å². The third-order valence-corrected chi connectivity index (χ3v) is 3.13. The monoisotopic (exact) mass is 262 g/mol. The molecule has 0 fully saturated rings. The van der Waals surface area contributed by atoms with Crippen molar-refractivity contribution in [1.82, 2.24) is 9.97 Å². The van der Waals surface area contributed by atoms with Crippen LogP contribution in [-0.4, -0.2) is 9.97 Å². The van der Waals surface area contributed by atoms with Gasteiger partial charge in [0.25, 0.3) is 0 Å². The molecule has 12 heavy (non-hydrogen) atoms. The van der Waals surface area contributed by atoms with Crippen LogP contribution in [0.5, 0.6) is 0 Å². The van der Waals surface area contributed by atoms with Gasteiger partial charge >= 0.3 is 0 Å². The summed E-state index contributed by atoms with van der Waals surface area (Å²) < 4.78 is 1.60. The fourth-order valence-electron chi connectivity index (χ4n) is 0.921. The van der Waals surface area contributed by atoms with Crippen molar-refractivity contribution >= 4 is 49.1 Å². The number of hydrogen-bond donors (Lipinski definition) is 0. The van der Waals surface area contributed by atoms with Gasteiger partial charge in [0.1, 0.15) is 0 Å². The Morgan fingerprint density at radius 1 is 1.58 bits per heavy atom. The molecule has 0 atom stereocenters. The lowest BCUT2D eigenvalue weighted by atomic mass is 10.3. The van der Waals surface area contributed by atoms with Gasteiger partial charge in [-0.25, -0.2) is 4.98 Å². The molecule has 2 nitrogen and oxygen atoms in total. The quantitative estimate of drug-likeness (QED) is 0.738. The fourth-order valence-corrected chi connectivity index (χ4v) is 2.21. The highest BCUT2D eigenvalue weighted by Crippen LogP contribution is 2.25. The number of aromatic nitrogens is 2. The molecule has 0 amide bonds. The molecular weight excluding hydrogens is 260 g/mol. The van der Waals surface area contributed by atoms with Crippen LogP contribution in [0, 0.1) is 0 Å². The Morgan fingerprint density at radius 3 is 3.17 bits per heavy atom. The molecule has 2 aromatic heterocycles. The van der Waals surface area contributed by atoms with Gasteiger partial charge in [-0.1, -0.05) is 27.5 Å². The lowest BCUT2D eigenvalue weighted by Crippen LogP contribution is -1.82. The summed E-state index contributed by atoms with van der Waals surface area (Å²) in [6, 6.07) is 1.94. The summed E-state index contributed by atoms with van der Waals surface area (Å²) in [6.45, 7) is 0. The van der Waals surface area contributed by atoms with Gasteiger partial charge in [0.05, 0.1) is 15.9 Å². The van der Waals surface area contributed by atoms with Gasteiger partial charge in [-0.2, -0.15) is 0 Å². The average molecular weight is 264 g/mol. The number of thiazole rings is 1. The molecule has 62 valence electrons. The molecule has 0 saturated carbocycles. The Balaban J connectivity index is 2.66. The number of fused-ring (bicyclic) bond motifs is 1. The largest absolute Gasteiger partial charge is 0.259 e. The lowest BCUT2D eigenvalue weighted by molar-refractivity contribution is 1.20. The van der Waals surface area contributed by atoms with Crippen LogP contribution < -0.4 is 0 Å². The first-order valence-electron chi connectivity index (χ1n) is 3.26. The van der Waals surface area contributed by atoms with E-state index in [0.29, 0.717) is 4.47 Å². The van der Waals surface area contributed by atoms with Crippen molar-refractivity contribution in [3.63, 3.8) is 0 Å². The molecule has 2 rings (SSSR count). The molecule has 0 unspecified atom stereocenters. The van der Waals surface area contributed by atoms with E-state index in [1.165, 1.54) is 11.3 Å². The molecule has 0 spiro atoms. The van der Waals surface area contributed by atoms with E-state index >= 15 is 0 Å². The van der Waals surface area contributed by atoms with E-state index in [9.17, 15) is 0 Å². The van der Waals surface area contributed by atoms with E-state index < -0.39 is 0 Å². The standard InChI is InChI=1S/C7H4BrClN2S/c8-2-4-1-5-6(3-10-4)12-7(9)11-5/h1,3H,2H2. The molecule has 0 aliphatic carbocycles. The number of alkyl halides is 1. The van der Waals surface area contributed by atoms with E-state index in [-0.39, 0.29) is 0 Å². The van der Waals surface area contributed by atoms with E-state index in [4.69, 9.17) is 11.6 Å². The molecule has 5 heteroatoms. The van der Waals surface area contributed by atoms with E-state index in [1.807, 2.05) is 6.07 Å². The number of rotatable bonds is 1. The van der Waals surface area contributed by atoms with Crippen molar-refractivity contribution in [1.29, 1.82) is 0 Å². The smallest absolute Gasteiger partial charge is 0.184 e. The zero-order valence-electron chi connectivity index (χ0n) is 5.92. The van der Waals surface area contributed by atoms with Gasteiger partial charge in [0.15, 0.2) is 4.47 Å². The van der Waals surface area contributed by atoms with Crippen LogP contribution >= 0.6 is 38.9 Å². The summed E-state index contributed by atoms with van der Waals surface area (Å²) in [5, 5.41) is 0.748. The average Bonchev–Trinajstić information content (AvgIpc) is 2.43. The van der Waals surface area contributed by atoms with Crippen LogP contribution in [0.4, 0.5) is 0 Å². The SMILES string of the molecule is Clc1nc2cc(CBr)ncc2s1. The first kappa shape index (κ1) is 8.41. The van der Waals surface area contributed by atoms with Gasteiger partial charge < -0.3 is 0 Å². The Labute approximate surface area is 86.7 Å². The molecule has 0 aromatic carbocycles. The maximum absolute atomic E-state index is 5.75. The summed E-state index contributed by atoms with van der Waals surface area (Å²) in [5.41, 5.74) is 1.90. The van der Waals surface area contributed by atoms with Crippen molar-refractivity contribution in [2.75, 3.05) is 0 Å². The van der Waals surface area contributed by atoms with Crippen LogP contribution in [0.1, 0.15) is 5.69 Å². The predicted octanol–water partition coefficient (Wildman–Crippen LogP) is 3.24. The highest BCUT2D eigenvalue weighted by molar-refractivity contribution is 9.08. The Kier molecular flexibility index (Phi) is 2.30. The summed E-state index contributed by atoms with van der Waals surface area (Å²) >= 11 is 10.5. The lowest BCUT2D eigenvalue weighted by Gasteiger charge is -1.91. The summed E-state index contributed by atoms with van der Waals surface area (Å²) in [6.07, 6.45) is 1.80.